The van der Waals surface area contributed by atoms with Gasteiger partial charge in [-0.15, -0.1) is 0 Å². The van der Waals surface area contributed by atoms with Crippen molar-refractivity contribution in [1.29, 1.82) is 0 Å². The third-order valence-corrected chi connectivity index (χ3v) is 7.26. The fourth-order valence-electron chi connectivity index (χ4n) is 3.68. The van der Waals surface area contributed by atoms with E-state index in [9.17, 15) is 27.6 Å². The number of aryl methyl sites for hydroxylation is 1. The quantitative estimate of drug-likeness (QED) is 0.205. The van der Waals surface area contributed by atoms with Crippen molar-refractivity contribution < 1.29 is 32.3 Å². The Kier molecular flexibility index (Phi) is 11.1. The van der Waals surface area contributed by atoms with E-state index in [1.54, 1.807) is 37.3 Å². The van der Waals surface area contributed by atoms with Gasteiger partial charge in [0.15, 0.2) is 0 Å². The Balaban J connectivity index is 1.47. The lowest BCUT2D eigenvalue weighted by Crippen LogP contribution is -2.31. The van der Waals surface area contributed by atoms with E-state index in [2.05, 4.69) is 15.6 Å². The number of nitrogens with zero attached hydrogens (tertiary/aromatic N) is 1. The Bertz CT molecular complexity index is 1490. The summed E-state index contributed by atoms with van der Waals surface area (Å²) in [6, 6.07) is 15.5. The van der Waals surface area contributed by atoms with Crippen LogP contribution in [0, 0.1) is 6.92 Å². The third kappa shape index (κ3) is 9.24. The number of carbonyl (C=O) groups excluding carboxylic acids is 4. The Morgan fingerprint density at radius 2 is 1.61 bits per heavy atom. The van der Waals surface area contributed by atoms with Crippen molar-refractivity contribution >= 4 is 33.7 Å². The molecule has 0 aliphatic rings. The van der Waals surface area contributed by atoms with Gasteiger partial charge in [-0.05, 0) is 61.2 Å². The fourth-order valence-corrected chi connectivity index (χ4v) is 4.65. The largest absolute Gasteiger partial charge is 0.460 e. The smallest absolute Gasteiger partial charge is 0.338 e. The Labute approximate surface area is 238 Å². The van der Waals surface area contributed by atoms with E-state index in [1.807, 2.05) is 17.7 Å². The second-order valence-electron chi connectivity index (χ2n) is 9.07. The average Bonchev–Trinajstić information content (AvgIpc) is 2.95. The molecule has 0 aliphatic heterocycles. The van der Waals surface area contributed by atoms with E-state index in [-0.39, 0.29) is 35.2 Å². The molecule has 3 aromatic rings. The summed E-state index contributed by atoms with van der Waals surface area (Å²) in [6.07, 6.45) is 2.84. The van der Waals surface area contributed by atoms with Gasteiger partial charge in [0.1, 0.15) is 12.3 Å². The van der Waals surface area contributed by atoms with Crippen LogP contribution in [0.3, 0.4) is 0 Å². The van der Waals surface area contributed by atoms with Crippen LogP contribution in [0.15, 0.2) is 71.8 Å². The summed E-state index contributed by atoms with van der Waals surface area (Å²) < 4.78 is 32.5. The summed E-state index contributed by atoms with van der Waals surface area (Å²) in [5.74, 6) is -1.99. The number of carbonyl (C=O) groups is 4. The lowest BCUT2D eigenvalue weighted by molar-refractivity contribution is -0.121. The molecule has 0 unspecified atom stereocenters. The van der Waals surface area contributed by atoms with E-state index in [0.29, 0.717) is 24.9 Å². The number of amides is 3. The fraction of sp³-hybridized carbons (Fsp3) is 0.276. The molecule has 0 spiro atoms. The van der Waals surface area contributed by atoms with Crippen molar-refractivity contribution in [3.05, 3.63) is 94.8 Å². The van der Waals surface area contributed by atoms with Crippen LogP contribution in [0.2, 0.25) is 0 Å². The van der Waals surface area contributed by atoms with Gasteiger partial charge in [0.25, 0.3) is 21.8 Å². The number of rotatable bonds is 13. The molecule has 41 heavy (non-hydrogen) atoms. The molecule has 0 atom stereocenters. The summed E-state index contributed by atoms with van der Waals surface area (Å²) in [5.41, 5.74) is 1.99. The van der Waals surface area contributed by atoms with Gasteiger partial charge in [0.2, 0.25) is 5.91 Å². The highest BCUT2D eigenvalue weighted by molar-refractivity contribution is 7.90. The molecule has 0 bridgehead atoms. The van der Waals surface area contributed by atoms with Gasteiger partial charge < -0.3 is 15.4 Å². The summed E-state index contributed by atoms with van der Waals surface area (Å²) >= 11 is 0. The van der Waals surface area contributed by atoms with Crippen molar-refractivity contribution in [2.24, 2.45) is 0 Å². The molecule has 2 aromatic carbocycles. The van der Waals surface area contributed by atoms with Gasteiger partial charge in [-0.2, -0.15) is 0 Å². The molecule has 0 saturated heterocycles. The third-order valence-electron chi connectivity index (χ3n) is 5.92. The minimum Gasteiger partial charge on any atom is -0.460 e. The number of benzene rings is 2. The second kappa shape index (κ2) is 14.7. The van der Waals surface area contributed by atoms with Crippen LogP contribution in [0.25, 0.3) is 0 Å². The maximum atomic E-state index is 12.7. The highest BCUT2D eigenvalue weighted by Gasteiger charge is 2.19. The van der Waals surface area contributed by atoms with Crippen molar-refractivity contribution in [3.8, 4) is 0 Å². The molecule has 0 fully saturated rings. The number of esters is 1. The maximum Gasteiger partial charge on any atom is 0.338 e. The Morgan fingerprint density at radius 1 is 0.878 bits per heavy atom. The van der Waals surface area contributed by atoms with Crippen molar-refractivity contribution in [1.82, 2.24) is 20.3 Å². The SMILES string of the molecule is CCCC(=O)NCCc1ccc(S(=O)(=O)NC(=O)c2ccc(C(=O)NCCOC(=O)c3ccccc3C)nc2)cc1. The van der Waals surface area contributed by atoms with Crippen LogP contribution in [0.1, 0.15) is 62.1 Å². The monoisotopic (exact) mass is 580 g/mol. The van der Waals surface area contributed by atoms with Gasteiger partial charge in [0, 0.05) is 19.2 Å². The number of hydrogen-bond donors (Lipinski definition) is 3. The first-order chi connectivity index (χ1) is 19.6. The topological polar surface area (TPSA) is 161 Å². The van der Waals surface area contributed by atoms with E-state index in [0.717, 1.165) is 23.7 Å². The van der Waals surface area contributed by atoms with Crippen molar-refractivity contribution in [2.45, 2.75) is 38.0 Å². The van der Waals surface area contributed by atoms with Gasteiger partial charge in [-0.25, -0.2) is 17.9 Å². The van der Waals surface area contributed by atoms with E-state index in [4.69, 9.17) is 4.74 Å². The molecule has 3 rings (SSSR count). The van der Waals surface area contributed by atoms with Crippen molar-refractivity contribution in [2.75, 3.05) is 19.7 Å². The molecule has 1 heterocycles. The highest BCUT2D eigenvalue weighted by Crippen LogP contribution is 2.12. The predicted octanol–water partition coefficient (Wildman–Crippen LogP) is 2.55. The van der Waals surface area contributed by atoms with Crippen molar-refractivity contribution in [3.63, 3.8) is 0 Å². The summed E-state index contributed by atoms with van der Waals surface area (Å²) in [7, 11) is -4.15. The summed E-state index contributed by atoms with van der Waals surface area (Å²) in [4.78, 5) is 52.4. The molecule has 3 amide bonds. The molecule has 0 aliphatic carbocycles. The number of pyridine rings is 1. The van der Waals surface area contributed by atoms with Gasteiger partial charge >= 0.3 is 5.97 Å². The van der Waals surface area contributed by atoms with Crippen LogP contribution < -0.4 is 15.4 Å². The molecular formula is C29H32N4O7S. The molecule has 12 heteroatoms. The Morgan fingerprint density at radius 3 is 2.27 bits per heavy atom. The minimum absolute atomic E-state index is 0.00360. The number of ether oxygens (including phenoxy) is 1. The first-order valence-electron chi connectivity index (χ1n) is 13.0. The molecule has 216 valence electrons. The zero-order valence-corrected chi connectivity index (χ0v) is 23.6. The lowest BCUT2D eigenvalue weighted by atomic mass is 10.1. The zero-order valence-electron chi connectivity index (χ0n) is 22.8. The maximum absolute atomic E-state index is 12.7. The van der Waals surface area contributed by atoms with E-state index in [1.165, 1.54) is 24.3 Å². The number of aromatic nitrogens is 1. The first kappa shape index (κ1) is 31.0. The van der Waals surface area contributed by atoms with Gasteiger partial charge in [-0.3, -0.25) is 19.4 Å². The molecule has 1 aromatic heterocycles. The number of sulfonamides is 1. The van der Waals surface area contributed by atoms with Crippen LogP contribution >= 0.6 is 0 Å². The number of hydrogen-bond acceptors (Lipinski definition) is 8. The summed E-state index contributed by atoms with van der Waals surface area (Å²) in [5, 5.41) is 5.35. The molecule has 0 radical (unpaired) electrons. The molecule has 11 nitrogen and oxygen atoms in total. The number of nitrogens with one attached hydrogen (secondary N) is 3. The van der Waals surface area contributed by atoms with Crippen LogP contribution in [0.4, 0.5) is 0 Å². The average molecular weight is 581 g/mol. The van der Waals surface area contributed by atoms with Crippen LogP contribution in [0.5, 0.6) is 0 Å². The van der Waals surface area contributed by atoms with Crippen LogP contribution in [-0.4, -0.2) is 56.8 Å². The standard InChI is InChI=1S/C29H32N4O7S/c1-3-6-26(34)30-16-15-21-9-12-23(13-10-21)41(38,39)33-27(35)22-11-14-25(32-19-22)28(36)31-17-18-40-29(37)24-8-5-4-7-20(24)2/h4-5,7-14,19H,3,6,15-18H2,1-2H3,(H,30,34)(H,31,36)(H,33,35). The van der Waals surface area contributed by atoms with E-state index < -0.39 is 27.8 Å². The van der Waals surface area contributed by atoms with Gasteiger partial charge in [0.05, 0.1) is 22.6 Å². The first-order valence-corrected chi connectivity index (χ1v) is 14.5. The van der Waals surface area contributed by atoms with E-state index >= 15 is 0 Å². The Hall–Kier alpha value is -4.58. The lowest BCUT2D eigenvalue weighted by Gasteiger charge is -2.09. The molecular weight excluding hydrogens is 548 g/mol. The minimum atomic E-state index is -4.15. The summed E-state index contributed by atoms with van der Waals surface area (Å²) in [6.45, 7) is 4.14. The van der Waals surface area contributed by atoms with Crippen LogP contribution in [-0.2, 0) is 26.0 Å². The van der Waals surface area contributed by atoms with Gasteiger partial charge in [-0.1, -0.05) is 37.3 Å². The highest BCUT2D eigenvalue weighted by atomic mass is 32.2. The zero-order chi connectivity index (χ0) is 29.8. The normalized spacial score (nSPS) is 10.9. The predicted molar refractivity (Wildman–Crippen MR) is 151 cm³/mol. The molecule has 3 N–H and O–H groups in total. The molecule has 0 saturated carbocycles. The second-order valence-corrected chi connectivity index (χ2v) is 10.7.